The number of thiophene rings is 1. The molecule has 3 aromatic heterocycles. The van der Waals surface area contributed by atoms with Gasteiger partial charge in [-0.05, 0) is 23.8 Å². The van der Waals surface area contributed by atoms with Crippen molar-refractivity contribution in [1.82, 2.24) is 24.9 Å². The van der Waals surface area contributed by atoms with Crippen molar-refractivity contribution in [1.29, 1.82) is 0 Å². The van der Waals surface area contributed by atoms with E-state index in [2.05, 4.69) is 91.0 Å². The molecule has 258 valence electrons. The third-order valence-corrected chi connectivity index (χ3v) is 10.9. The van der Waals surface area contributed by atoms with Gasteiger partial charge < -0.3 is 0 Å². The molecule has 0 saturated carbocycles. The molecule has 0 radical (unpaired) electrons. The standard InChI is InChI=1S/C49H31N5S/c1-5-15-32(16-6-1)40-31-41(51-46(50-40)34-17-7-2-8-18-34)38-29-30-43-45(39-23-13-14-24-42(39)55-43)44(38)33-25-27-37(28-26-33)49-53-47(35-19-9-3-10-20-35)52-48(54-49)36-21-11-4-12-22-36/h1-31H. The molecule has 55 heavy (non-hydrogen) atoms. The number of benzene rings is 7. The van der Waals surface area contributed by atoms with Crippen LogP contribution in [-0.2, 0) is 0 Å². The Hall–Kier alpha value is -7.15. The number of aromatic nitrogens is 5. The summed E-state index contributed by atoms with van der Waals surface area (Å²) in [5.41, 5.74) is 9.78. The summed E-state index contributed by atoms with van der Waals surface area (Å²) >= 11 is 1.81. The SMILES string of the molecule is c1ccc(-c2cc(-c3ccc4sc5ccccc5c4c3-c3ccc(-c4nc(-c5ccccc5)nc(-c5ccccc5)n4)cc3)nc(-c3ccccc3)n2)cc1. The summed E-state index contributed by atoms with van der Waals surface area (Å²) in [6.07, 6.45) is 0. The lowest BCUT2D eigenvalue weighted by Crippen LogP contribution is -2.00. The topological polar surface area (TPSA) is 64.5 Å². The maximum absolute atomic E-state index is 5.26. The number of fused-ring (bicyclic) bond motifs is 3. The fourth-order valence-electron chi connectivity index (χ4n) is 7.11. The smallest absolute Gasteiger partial charge is 0.164 e. The van der Waals surface area contributed by atoms with E-state index in [1.807, 2.05) is 108 Å². The normalized spacial score (nSPS) is 11.3. The molecule has 10 rings (SSSR count). The van der Waals surface area contributed by atoms with E-state index in [1.54, 1.807) is 0 Å². The summed E-state index contributed by atoms with van der Waals surface area (Å²) in [7, 11) is 0. The van der Waals surface area contributed by atoms with Gasteiger partial charge in [-0.3, -0.25) is 0 Å². The van der Waals surface area contributed by atoms with Gasteiger partial charge in [0.2, 0.25) is 0 Å². The second kappa shape index (κ2) is 14.0. The lowest BCUT2D eigenvalue weighted by atomic mass is 9.91. The Morgan fingerprint density at radius 2 is 0.745 bits per heavy atom. The van der Waals surface area contributed by atoms with Crippen molar-refractivity contribution in [2.45, 2.75) is 0 Å². The molecule has 0 fully saturated rings. The van der Waals surface area contributed by atoms with Gasteiger partial charge >= 0.3 is 0 Å². The maximum Gasteiger partial charge on any atom is 0.164 e. The first-order valence-electron chi connectivity index (χ1n) is 18.2. The van der Waals surface area contributed by atoms with Crippen molar-refractivity contribution < 1.29 is 0 Å². The van der Waals surface area contributed by atoms with Gasteiger partial charge in [-0.15, -0.1) is 11.3 Å². The summed E-state index contributed by atoms with van der Waals surface area (Å²) in [4.78, 5) is 25.2. The first-order chi connectivity index (χ1) is 27.2. The molecular formula is C49H31N5S. The van der Waals surface area contributed by atoms with Crippen LogP contribution in [0, 0.1) is 0 Å². The summed E-state index contributed by atoms with van der Waals surface area (Å²) in [5.74, 6) is 2.58. The molecule has 7 aromatic carbocycles. The Labute approximate surface area is 322 Å². The average Bonchev–Trinajstić information content (AvgIpc) is 3.66. The molecule has 0 atom stereocenters. The number of hydrogen-bond acceptors (Lipinski definition) is 6. The highest BCUT2D eigenvalue weighted by Crippen LogP contribution is 2.45. The molecular weight excluding hydrogens is 691 g/mol. The van der Waals surface area contributed by atoms with Crippen LogP contribution < -0.4 is 0 Å². The lowest BCUT2D eigenvalue weighted by molar-refractivity contribution is 1.07. The Bertz CT molecular complexity index is 2830. The van der Waals surface area contributed by atoms with Crippen LogP contribution in [0.2, 0.25) is 0 Å². The van der Waals surface area contributed by atoms with Crippen molar-refractivity contribution in [2.75, 3.05) is 0 Å². The van der Waals surface area contributed by atoms with Crippen molar-refractivity contribution in [2.24, 2.45) is 0 Å². The minimum absolute atomic E-state index is 0.620. The molecule has 0 spiro atoms. The average molecular weight is 722 g/mol. The van der Waals surface area contributed by atoms with E-state index in [0.29, 0.717) is 23.3 Å². The third kappa shape index (κ3) is 6.24. The molecule has 6 heteroatoms. The molecule has 0 aliphatic carbocycles. The van der Waals surface area contributed by atoms with E-state index in [0.717, 1.165) is 55.9 Å². The van der Waals surface area contributed by atoms with Crippen LogP contribution in [0.15, 0.2) is 188 Å². The van der Waals surface area contributed by atoms with Gasteiger partial charge in [-0.25, -0.2) is 24.9 Å². The van der Waals surface area contributed by atoms with Gasteiger partial charge in [0.15, 0.2) is 23.3 Å². The molecule has 0 aliphatic heterocycles. The molecule has 0 saturated heterocycles. The van der Waals surface area contributed by atoms with Crippen LogP contribution in [-0.4, -0.2) is 24.9 Å². The second-order valence-electron chi connectivity index (χ2n) is 13.3. The van der Waals surface area contributed by atoms with Crippen LogP contribution in [0.1, 0.15) is 0 Å². The predicted molar refractivity (Wildman–Crippen MR) is 226 cm³/mol. The van der Waals surface area contributed by atoms with Crippen LogP contribution >= 0.6 is 11.3 Å². The largest absolute Gasteiger partial charge is 0.228 e. The molecule has 0 amide bonds. The fourth-order valence-corrected chi connectivity index (χ4v) is 8.23. The summed E-state index contributed by atoms with van der Waals surface area (Å²) in [6, 6.07) is 64.5. The van der Waals surface area contributed by atoms with Gasteiger partial charge in [0.25, 0.3) is 0 Å². The van der Waals surface area contributed by atoms with Crippen LogP contribution in [0.4, 0.5) is 0 Å². The van der Waals surface area contributed by atoms with E-state index in [4.69, 9.17) is 24.9 Å². The Morgan fingerprint density at radius 3 is 1.31 bits per heavy atom. The molecule has 0 bridgehead atoms. The summed E-state index contributed by atoms with van der Waals surface area (Å²) < 4.78 is 2.47. The minimum atomic E-state index is 0.620. The number of rotatable bonds is 7. The van der Waals surface area contributed by atoms with Crippen LogP contribution in [0.25, 0.3) is 99.4 Å². The highest BCUT2D eigenvalue weighted by molar-refractivity contribution is 7.26. The molecule has 0 aliphatic rings. The second-order valence-corrected chi connectivity index (χ2v) is 14.4. The monoisotopic (exact) mass is 721 g/mol. The van der Waals surface area contributed by atoms with Crippen molar-refractivity contribution in [3.05, 3.63) is 188 Å². The zero-order chi connectivity index (χ0) is 36.6. The zero-order valence-electron chi connectivity index (χ0n) is 29.5. The van der Waals surface area contributed by atoms with E-state index >= 15 is 0 Å². The number of nitrogens with zero attached hydrogens (tertiary/aromatic N) is 5. The van der Waals surface area contributed by atoms with Crippen molar-refractivity contribution >= 4 is 31.5 Å². The molecule has 5 nitrogen and oxygen atoms in total. The van der Waals surface area contributed by atoms with E-state index in [-0.39, 0.29) is 0 Å². The van der Waals surface area contributed by atoms with Crippen molar-refractivity contribution in [3.63, 3.8) is 0 Å². The maximum atomic E-state index is 5.26. The highest BCUT2D eigenvalue weighted by atomic mass is 32.1. The zero-order valence-corrected chi connectivity index (χ0v) is 30.4. The molecule has 0 N–H and O–H groups in total. The Morgan fingerprint density at radius 1 is 0.309 bits per heavy atom. The quantitative estimate of drug-likeness (QED) is 0.164. The molecule has 0 unspecified atom stereocenters. The third-order valence-electron chi connectivity index (χ3n) is 9.78. The lowest BCUT2D eigenvalue weighted by Gasteiger charge is -2.15. The summed E-state index contributed by atoms with van der Waals surface area (Å²) in [5, 5.41) is 2.44. The fraction of sp³-hybridized carbons (Fsp3) is 0. The minimum Gasteiger partial charge on any atom is -0.228 e. The van der Waals surface area contributed by atoms with E-state index < -0.39 is 0 Å². The van der Waals surface area contributed by atoms with Gasteiger partial charge in [0.05, 0.1) is 11.4 Å². The number of hydrogen-bond donors (Lipinski definition) is 0. The van der Waals surface area contributed by atoms with E-state index in [1.165, 1.54) is 20.2 Å². The molecule has 3 heterocycles. The summed E-state index contributed by atoms with van der Waals surface area (Å²) in [6.45, 7) is 0. The first kappa shape index (κ1) is 32.5. The first-order valence-corrected chi connectivity index (χ1v) is 19.0. The van der Waals surface area contributed by atoms with Crippen LogP contribution in [0.3, 0.4) is 0 Å². The van der Waals surface area contributed by atoms with E-state index in [9.17, 15) is 0 Å². The predicted octanol–water partition coefficient (Wildman–Crippen LogP) is 12.7. The van der Waals surface area contributed by atoms with Gasteiger partial charge in [-0.2, -0.15) is 0 Å². The van der Waals surface area contributed by atoms with Gasteiger partial charge in [-0.1, -0.05) is 170 Å². The van der Waals surface area contributed by atoms with Gasteiger partial charge in [0.1, 0.15) is 0 Å². The van der Waals surface area contributed by atoms with Gasteiger partial charge in [0, 0.05) is 59.1 Å². The highest BCUT2D eigenvalue weighted by Gasteiger charge is 2.20. The van der Waals surface area contributed by atoms with Crippen molar-refractivity contribution in [3.8, 4) is 79.2 Å². The molecule has 10 aromatic rings. The van der Waals surface area contributed by atoms with Crippen LogP contribution in [0.5, 0.6) is 0 Å². The Balaban J connectivity index is 1.17. The Kier molecular flexibility index (Phi) is 8.28.